The summed E-state index contributed by atoms with van der Waals surface area (Å²) in [5.41, 5.74) is 12.0. The number of rotatable bonds is 18. The summed E-state index contributed by atoms with van der Waals surface area (Å²) in [6.45, 7) is 7.23. The summed E-state index contributed by atoms with van der Waals surface area (Å²) >= 11 is 0. The molecule has 0 aliphatic heterocycles. The van der Waals surface area contributed by atoms with Gasteiger partial charge < -0.3 is 0 Å². The van der Waals surface area contributed by atoms with Crippen molar-refractivity contribution in [1.29, 1.82) is 0 Å². The molecular weight excluding hydrogens is 434 g/mol. The van der Waals surface area contributed by atoms with Gasteiger partial charge in [-0.1, -0.05) is 40.3 Å². The first kappa shape index (κ1) is 30.8. The topological polar surface area (TPSA) is 168 Å². The Morgan fingerprint density at radius 1 is 0.636 bits per heavy atom. The van der Waals surface area contributed by atoms with Crippen molar-refractivity contribution >= 4 is 39.3 Å². The summed E-state index contributed by atoms with van der Waals surface area (Å²) in [5.74, 6) is -1.79. The van der Waals surface area contributed by atoms with Crippen LogP contribution in [0.2, 0.25) is 12.6 Å². The molecule has 0 fully saturated rings. The van der Waals surface area contributed by atoms with Crippen LogP contribution in [0.1, 0.15) is 53.4 Å². The van der Waals surface area contributed by atoms with Crippen molar-refractivity contribution in [1.82, 2.24) is 32.9 Å². The minimum absolute atomic E-state index is 0.00482. The fourth-order valence-corrected chi connectivity index (χ4v) is 2.04. The van der Waals surface area contributed by atoms with Gasteiger partial charge >= 0.3 is 0 Å². The van der Waals surface area contributed by atoms with Gasteiger partial charge in [-0.2, -0.15) is 20.8 Å². The van der Waals surface area contributed by atoms with Crippen molar-refractivity contribution in [3.8, 4) is 0 Å². The van der Waals surface area contributed by atoms with E-state index in [4.69, 9.17) is 25.6 Å². The minimum Gasteiger partial charge on any atom is -0.273 e. The van der Waals surface area contributed by atoms with E-state index < -0.39 is 34.5 Å². The van der Waals surface area contributed by atoms with E-state index in [9.17, 15) is 19.2 Å². The van der Waals surface area contributed by atoms with Crippen LogP contribution in [-0.4, -0.2) is 52.4 Å². The molecule has 184 valence electrons. The number of hydroxylamine groups is 6. The Bertz CT molecular complexity index is 637. The molecule has 0 heterocycles. The minimum atomic E-state index is -0.824. The van der Waals surface area contributed by atoms with Crippen LogP contribution < -0.4 is 32.9 Å². The van der Waals surface area contributed by atoms with Crippen LogP contribution in [0.15, 0.2) is 0 Å². The Balaban J connectivity index is 3.84. The molecule has 0 aromatic rings. The van der Waals surface area contributed by atoms with E-state index in [1.54, 1.807) is 27.7 Å². The van der Waals surface area contributed by atoms with E-state index in [0.717, 1.165) is 0 Å². The number of nitrogens with one attached hydrogen (secondary N) is 6. The zero-order chi connectivity index (χ0) is 25.3. The summed E-state index contributed by atoms with van der Waals surface area (Å²) in [6, 6.07) is 0. The molecule has 0 saturated carbocycles. The first-order valence-corrected chi connectivity index (χ1v) is 10.5. The van der Waals surface area contributed by atoms with E-state index in [1.165, 1.54) is 0 Å². The molecule has 0 rings (SSSR count). The number of hydrogen-bond acceptors (Lipinski definition) is 9. The SMILES string of the molecule is [B]CCC(=O)NONC(=O)C(C)(C)CCNONCCC(=O)NONC(=O)C(C)(C)CC[B]. The van der Waals surface area contributed by atoms with Crippen LogP contribution >= 0.6 is 0 Å². The van der Waals surface area contributed by atoms with Crippen LogP contribution in [0.4, 0.5) is 0 Å². The summed E-state index contributed by atoms with van der Waals surface area (Å²) in [5, 5.41) is 0. The van der Waals surface area contributed by atoms with Crippen LogP contribution in [0.5, 0.6) is 0 Å². The monoisotopic (exact) mass is 468 g/mol. The lowest BCUT2D eigenvalue weighted by atomic mass is 9.82. The highest BCUT2D eigenvalue weighted by Gasteiger charge is 2.28. The standard InChI is InChI=1S/C18H34B2N6O7/c1-17(2,7-10-20)15(29)25-33-24-14(28)6-11-21-31-22-12-8-18(3,4)16(30)26-32-23-13(27)5-9-19/h21-22H,5-12H2,1-4H3,(H,23,27)(H,24,28)(H,25,29)(H,26,30). The van der Waals surface area contributed by atoms with E-state index in [2.05, 4.69) is 32.3 Å². The molecule has 0 atom stereocenters. The number of carbonyl (C=O) groups is 4. The van der Waals surface area contributed by atoms with Crippen molar-refractivity contribution in [2.45, 2.75) is 66.0 Å². The van der Waals surface area contributed by atoms with Crippen molar-refractivity contribution in [3.63, 3.8) is 0 Å². The van der Waals surface area contributed by atoms with Gasteiger partial charge in [0.05, 0.1) is 15.7 Å². The maximum absolute atomic E-state index is 12.1. The molecule has 0 spiro atoms. The Labute approximate surface area is 196 Å². The van der Waals surface area contributed by atoms with Gasteiger partial charge in [-0.25, -0.2) is 26.9 Å². The molecule has 0 bridgehead atoms. The van der Waals surface area contributed by atoms with Crippen molar-refractivity contribution < 1.29 is 34.0 Å². The second-order valence-electron chi connectivity index (χ2n) is 8.35. The fraction of sp³-hybridized carbons (Fsp3) is 0.778. The van der Waals surface area contributed by atoms with E-state index in [1.807, 2.05) is 5.48 Å². The summed E-state index contributed by atoms with van der Waals surface area (Å²) in [4.78, 5) is 61.1. The van der Waals surface area contributed by atoms with Crippen LogP contribution in [-0.2, 0) is 34.0 Å². The Kier molecular flexibility index (Phi) is 15.3. The normalized spacial score (nSPS) is 11.5. The average molecular weight is 468 g/mol. The van der Waals surface area contributed by atoms with Gasteiger partial charge in [-0.05, 0) is 12.8 Å². The van der Waals surface area contributed by atoms with Gasteiger partial charge in [0.25, 0.3) is 11.8 Å². The van der Waals surface area contributed by atoms with Gasteiger partial charge in [-0.15, -0.1) is 0 Å². The Morgan fingerprint density at radius 3 is 1.64 bits per heavy atom. The zero-order valence-electron chi connectivity index (χ0n) is 19.7. The number of hydrogen-bond donors (Lipinski definition) is 6. The molecular formula is C18H34B2N6O7. The maximum Gasteiger partial charge on any atom is 0.251 e. The molecule has 0 aliphatic rings. The third-order valence-electron chi connectivity index (χ3n) is 4.44. The second-order valence-corrected chi connectivity index (χ2v) is 8.35. The van der Waals surface area contributed by atoms with Crippen LogP contribution in [0.3, 0.4) is 0 Å². The first-order valence-electron chi connectivity index (χ1n) is 10.5. The molecule has 4 radical (unpaired) electrons. The van der Waals surface area contributed by atoms with Gasteiger partial charge in [0, 0.05) is 36.8 Å². The van der Waals surface area contributed by atoms with Crippen molar-refractivity contribution in [2.24, 2.45) is 10.8 Å². The lowest BCUT2D eigenvalue weighted by Gasteiger charge is -2.22. The molecule has 0 aromatic carbocycles. The van der Waals surface area contributed by atoms with Gasteiger partial charge in [0.15, 0.2) is 0 Å². The average Bonchev–Trinajstić information content (AvgIpc) is 2.72. The van der Waals surface area contributed by atoms with Crippen molar-refractivity contribution in [2.75, 3.05) is 13.1 Å². The molecule has 0 aliphatic carbocycles. The largest absolute Gasteiger partial charge is 0.273 e. The Hall–Kier alpha value is -2.19. The Morgan fingerprint density at radius 2 is 1.12 bits per heavy atom. The fourth-order valence-electron chi connectivity index (χ4n) is 2.04. The lowest BCUT2D eigenvalue weighted by Crippen LogP contribution is -2.43. The highest BCUT2D eigenvalue weighted by molar-refractivity contribution is 6.09. The van der Waals surface area contributed by atoms with Crippen LogP contribution in [0.25, 0.3) is 0 Å². The summed E-state index contributed by atoms with van der Waals surface area (Å²) < 4.78 is 0. The van der Waals surface area contributed by atoms with Gasteiger partial charge in [0.1, 0.15) is 0 Å². The predicted octanol–water partition coefficient (Wildman–Crippen LogP) is -1.04. The van der Waals surface area contributed by atoms with Crippen LogP contribution in [0, 0.1) is 10.8 Å². The molecule has 6 N–H and O–H groups in total. The molecule has 4 amide bonds. The second kappa shape index (κ2) is 16.4. The van der Waals surface area contributed by atoms with Gasteiger partial charge in [-0.3, -0.25) is 19.2 Å². The van der Waals surface area contributed by atoms with Gasteiger partial charge in [0.2, 0.25) is 11.8 Å². The smallest absolute Gasteiger partial charge is 0.251 e. The molecule has 0 unspecified atom stereocenters. The third kappa shape index (κ3) is 14.5. The quantitative estimate of drug-likeness (QED) is 0.0836. The van der Waals surface area contributed by atoms with E-state index in [-0.39, 0.29) is 25.7 Å². The van der Waals surface area contributed by atoms with E-state index >= 15 is 0 Å². The molecule has 15 heteroatoms. The van der Waals surface area contributed by atoms with Crippen molar-refractivity contribution in [3.05, 3.63) is 0 Å². The van der Waals surface area contributed by atoms with E-state index in [0.29, 0.717) is 25.7 Å². The zero-order valence-corrected chi connectivity index (χ0v) is 19.7. The highest BCUT2D eigenvalue weighted by atomic mass is 16.8. The molecule has 0 aromatic heterocycles. The maximum atomic E-state index is 12.1. The predicted molar refractivity (Wildman–Crippen MR) is 119 cm³/mol. The molecule has 33 heavy (non-hydrogen) atoms. The molecule has 13 nitrogen and oxygen atoms in total. The number of amides is 4. The third-order valence-corrected chi connectivity index (χ3v) is 4.44. The lowest BCUT2D eigenvalue weighted by molar-refractivity contribution is -0.158. The first-order chi connectivity index (χ1) is 15.5. The summed E-state index contributed by atoms with van der Waals surface area (Å²) in [7, 11) is 10.7. The number of carbonyl (C=O) groups excluding carboxylic acids is 4. The summed E-state index contributed by atoms with van der Waals surface area (Å²) in [6.07, 6.45) is 1.43. The molecule has 0 saturated heterocycles. The highest BCUT2D eigenvalue weighted by Crippen LogP contribution is 2.21.